The normalized spacial score (nSPS) is 14.1. The van der Waals surface area contributed by atoms with Crippen molar-refractivity contribution in [3.05, 3.63) is 129 Å². The van der Waals surface area contributed by atoms with Gasteiger partial charge < -0.3 is 10.1 Å². The standard InChI is InChI=1S/C30H20ClFN2O3S2/c31-22-10-8-19(9-11-22)18-37-26-7-2-1-4-20(26)17-27-29(36)34(30(38)39-27)25-6-3-5-21(16-25)28(35)33-24-14-12-23(32)13-15-24/h1-17H,18H2,(H,33,35)/b27-17+. The van der Waals surface area contributed by atoms with Crippen LogP contribution in [0.1, 0.15) is 21.5 Å². The average molecular weight is 575 g/mol. The van der Waals surface area contributed by atoms with Crippen LogP contribution >= 0.6 is 35.6 Å². The molecule has 39 heavy (non-hydrogen) atoms. The van der Waals surface area contributed by atoms with E-state index in [1.54, 1.807) is 42.5 Å². The third kappa shape index (κ3) is 6.37. The molecule has 1 aliphatic rings. The average Bonchev–Trinajstić information content (AvgIpc) is 3.22. The van der Waals surface area contributed by atoms with E-state index in [4.69, 9.17) is 28.6 Å². The summed E-state index contributed by atoms with van der Waals surface area (Å²) in [5.41, 5.74) is 2.95. The van der Waals surface area contributed by atoms with Gasteiger partial charge >= 0.3 is 0 Å². The van der Waals surface area contributed by atoms with E-state index in [2.05, 4.69) is 5.32 Å². The second kappa shape index (κ2) is 11.8. The van der Waals surface area contributed by atoms with Gasteiger partial charge in [0.2, 0.25) is 0 Å². The fourth-order valence-electron chi connectivity index (χ4n) is 3.83. The van der Waals surface area contributed by atoms with E-state index in [0.29, 0.717) is 43.5 Å². The number of nitrogens with zero attached hydrogens (tertiary/aromatic N) is 1. The minimum Gasteiger partial charge on any atom is -0.488 e. The van der Waals surface area contributed by atoms with Crippen LogP contribution in [-0.2, 0) is 11.4 Å². The molecule has 1 heterocycles. The first-order valence-corrected chi connectivity index (χ1v) is 13.4. The molecule has 1 fully saturated rings. The molecular formula is C30H20ClFN2O3S2. The second-order valence-corrected chi connectivity index (χ2v) is 10.6. The number of para-hydroxylation sites is 1. The molecule has 0 bridgehead atoms. The molecule has 0 aromatic heterocycles. The van der Waals surface area contributed by atoms with Crippen molar-refractivity contribution in [3.8, 4) is 5.75 Å². The quantitative estimate of drug-likeness (QED) is 0.181. The van der Waals surface area contributed by atoms with E-state index < -0.39 is 11.7 Å². The highest BCUT2D eigenvalue weighted by molar-refractivity contribution is 8.27. The molecule has 2 amide bonds. The molecule has 9 heteroatoms. The topological polar surface area (TPSA) is 58.6 Å². The predicted molar refractivity (Wildman–Crippen MR) is 159 cm³/mol. The molecule has 1 N–H and O–H groups in total. The number of hydrogen-bond donors (Lipinski definition) is 1. The highest BCUT2D eigenvalue weighted by Crippen LogP contribution is 2.37. The van der Waals surface area contributed by atoms with Crippen molar-refractivity contribution in [2.24, 2.45) is 0 Å². The summed E-state index contributed by atoms with van der Waals surface area (Å²) in [6.45, 7) is 0.343. The number of anilines is 2. The number of thiocarbonyl (C=S) groups is 1. The number of benzene rings is 4. The fourth-order valence-corrected chi connectivity index (χ4v) is 5.24. The molecule has 194 valence electrons. The van der Waals surface area contributed by atoms with Gasteiger partial charge in [-0.3, -0.25) is 14.5 Å². The molecule has 4 aromatic rings. The summed E-state index contributed by atoms with van der Waals surface area (Å²) in [6, 6.07) is 26.9. The van der Waals surface area contributed by atoms with E-state index in [1.807, 2.05) is 36.4 Å². The molecule has 1 aliphatic heterocycles. The number of carbonyl (C=O) groups is 2. The van der Waals surface area contributed by atoms with E-state index in [-0.39, 0.29) is 5.91 Å². The van der Waals surface area contributed by atoms with Crippen molar-refractivity contribution in [2.75, 3.05) is 10.2 Å². The summed E-state index contributed by atoms with van der Waals surface area (Å²) in [6.07, 6.45) is 1.75. The molecule has 1 saturated heterocycles. The van der Waals surface area contributed by atoms with Crippen molar-refractivity contribution in [2.45, 2.75) is 6.61 Å². The smallest absolute Gasteiger partial charge is 0.270 e. The second-order valence-electron chi connectivity index (χ2n) is 8.48. The minimum absolute atomic E-state index is 0.298. The van der Waals surface area contributed by atoms with Crippen molar-refractivity contribution in [1.29, 1.82) is 0 Å². The monoisotopic (exact) mass is 574 g/mol. The first-order chi connectivity index (χ1) is 18.9. The van der Waals surface area contributed by atoms with E-state index in [9.17, 15) is 14.0 Å². The van der Waals surface area contributed by atoms with Crippen molar-refractivity contribution >= 4 is 69.2 Å². The highest BCUT2D eigenvalue weighted by atomic mass is 35.5. The Morgan fingerprint density at radius 1 is 1.00 bits per heavy atom. The molecule has 0 saturated carbocycles. The zero-order chi connectivity index (χ0) is 27.4. The Balaban J connectivity index is 1.33. The highest BCUT2D eigenvalue weighted by Gasteiger charge is 2.33. The number of amides is 2. The SMILES string of the molecule is O=C(Nc1ccc(F)cc1)c1cccc(N2C(=O)/C(=C\c3ccccc3OCc3ccc(Cl)cc3)SC2=S)c1. The number of thioether (sulfide) groups is 1. The lowest BCUT2D eigenvalue weighted by Gasteiger charge is -2.15. The molecule has 0 atom stereocenters. The molecular weight excluding hydrogens is 555 g/mol. The predicted octanol–water partition coefficient (Wildman–Crippen LogP) is 7.72. The fraction of sp³-hybridized carbons (Fsp3) is 0.0333. The van der Waals surface area contributed by atoms with Crippen LogP contribution in [0.3, 0.4) is 0 Å². The Labute approximate surface area is 239 Å². The van der Waals surface area contributed by atoms with Crippen LogP contribution in [0, 0.1) is 5.82 Å². The van der Waals surface area contributed by atoms with Crippen molar-refractivity contribution < 1.29 is 18.7 Å². The van der Waals surface area contributed by atoms with Gasteiger partial charge in [-0.15, -0.1) is 0 Å². The summed E-state index contributed by atoms with van der Waals surface area (Å²) in [5.74, 6) is -0.463. The Bertz CT molecular complexity index is 1590. The number of halogens is 2. The maximum atomic E-state index is 13.4. The summed E-state index contributed by atoms with van der Waals surface area (Å²) in [4.78, 5) is 28.0. The lowest BCUT2D eigenvalue weighted by atomic mass is 10.1. The maximum absolute atomic E-state index is 13.4. The largest absolute Gasteiger partial charge is 0.488 e. The van der Waals surface area contributed by atoms with Crippen molar-refractivity contribution in [3.63, 3.8) is 0 Å². The maximum Gasteiger partial charge on any atom is 0.270 e. The van der Waals surface area contributed by atoms with Crippen LogP contribution in [0.2, 0.25) is 5.02 Å². The van der Waals surface area contributed by atoms with Crippen LogP contribution in [-0.4, -0.2) is 16.1 Å². The number of nitrogens with one attached hydrogen (secondary N) is 1. The van der Waals surface area contributed by atoms with Crippen LogP contribution in [0.5, 0.6) is 5.75 Å². The Kier molecular flexibility index (Phi) is 8.07. The van der Waals surface area contributed by atoms with Gasteiger partial charge in [0.15, 0.2) is 4.32 Å². The van der Waals surface area contributed by atoms with Gasteiger partial charge in [-0.1, -0.05) is 72.0 Å². The number of carbonyl (C=O) groups excluding carboxylic acids is 2. The van der Waals surface area contributed by atoms with Gasteiger partial charge in [-0.05, 0) is 72.3 Å². The number of ether oxygens (including phenoxy) is 1. The first-order valence-electron chi connectivity index (χ1n) is 11.8. The van der Waals surface area contributed by atoms with Crippen molar-refractivity contribution in [1.82, 2.24) is 0 Å². The third-order valence-electron chi connectivity index (χ3n) is 5.78. The molecule has 0 spiro atoms. The number of rotatable bonds is 7. The van der Waals surface area contributed by atoms with Gasteiger partial charge in [-0.25, -0.2) is 4.39 Å². The van der Waals surface area contributed by atoms with Gasteiger partial charge in [0.25, 0.3) is 11.8 Å². The molecule has 0 radical (unpaired) electrons. The van der Waals surface area contributed by atoms with Crippen LogP contribution < -0.4 is 15.0 Å². The van der Waals surface area contributed by atoms with E-state index in [1.165, 1.54) is 40.9 Å². The number of hydrogen-bond acceptors (Lipinski definition) is 5. The summed E-state index contributed by atoms with van der Waals surface area (Å²) in [7, 11) is 0. The van der Waals surface area contributed by atoms with Gasteiger partial charge in [0.1, 0.15) is 18.2 Å². The molecule has 5 rings (SSSR count). The van der Waals surface area contributed by atoms with Crippen LogP contribution in [0.15, 0.2) is 102 Å². The summed E-state index contributed by atoms with van der Waals surface area (Å²) < 4.78 is 19.6. The molecule has 4 aromatic carbocycles. The minimum atomic E-state index is -0.395. The van der Waals surface area contributed by atoms with Gasteiger partial charge in [-0.2, -0.15) is 0 Å². The van der Waals surface area contributed by atoms with Gasteiger partial charge in [0, 0.05) is 21.8 Å². The molecule has 5 nitrogen and oxygen atoms in total. The lowest BCUT2D eigenvalue weighted by molar-refractivity contribution is -0.113. The summed E-state index contributed by atoms with van der Waals surface area (Å²) in [5, 5.41) is 3.37. The van der Waals surface area contributed by atoms with E-state index in [0.717, 1.165) is 11.1 Å². The zero-order valence-corrected chi connectivity index (χ0v) is 22.7. The van der Waals surface area contributed by atoms with Gasteiger partial charge in [0.05, 0.1) is 10.6 Å². The Morgan fingerprint density at radius 2 is 1.74 bits per heavy atom. The zero-order valence-electron chi connectivity index (χ0n) is 20.3. The molecule has 0 aliphatic carbocycles. The van der Waals surface area contributed by atoms with Crippen LogP contribution in [0.25, 0.3) is 6.08 Å². The third-order valence-corrected chi connectivity index (χ3v) is 7.33. The van der Waals surface area contributed by atoms with E-state index >= 15 is 0 Å². The Morgan fingerprint density at radius 3 is 2.51 bits per heavy atom. The Hall–Kier alpha value is -3.98. The summed E-state index contributed by atoms with van der Waals surface area (Å²) >= 11 is 12.7. The first kappa shape index (κ1) is 26.6. The van der Waals surface area contributed by atoms with Crippen LogP contribution in [0.4, 0.5) is 15.8 Å². The molecule has 0 unspecified atom stereocenters. The lowest BCUT2D eigenvalue weighted by Crippen LogP contribution is -2.27.